The topological polar surface area (TPSA) is 70.7 Å². The van der Waals surface area contributed by atoms with Gasteiger partial charge in [0.25, 0.3) is 0 Å². The maximum Gasteiger partial charge on any atom is 0.227 e. The molecule has 1 heterocycles. The zero-order valence-electron chi connectivity index (χ0n) is 9.55. The smallest absolute Gasteiger partial charge is 0.227 e. The first-order valence-electron chi connectivity index (χ1n) is 5.26. The first kappa shape index (κ1) is 12.3. The molecule has 0 radical (unpaired) electrons. The molecule has 1 unspecified atom stereocenters. The minimum absolute atomic E-state index is 0.244. The summed E-state index contributed by atoms with van der Waals surface area (Å²) in [6.07, 6.45) is -1.32. The van der Waals surface area contributed by atoms with E-state index in [-0.39, 0.29) is 11.5 Å². The van der Waals surface area contributed by atoms with Crippen molar-refractivity contribution in [1.82, 2.24) is 0 Å². The number of aliphatic hydroxyl groups excluding tert-OH is 1. The lowest BCUT2D eigenvalue weighted by molar-refractivity contribution is 0.176. The Kier molecular flexibility index (Phi) is 3.16. The molecule has 0 bridgehead atoms. The van der Waals surface area contributed by atoms with Crippen LogP contribution in [-0.4, -0.2) is 10.2 Å². The molecule has 2 rings (SSSR count). The van der Waals surface area contributed by atoms with Crippen LogP contribution in [0.2, 0.25) is 0 Å². The van der Waals surface area contributed by atoms with Gasteiger partial charge in [-0.2, -0.15) is 0 Å². The number of hydrogen-bond donors (Lipinski definition) is 2. The third-order valence-electron chi connectivity index (χ3n) is 2.51. The standard InChI is InChI=1S/C13H11FO4/c1-7-6-10(15)12(17)13(18-7)11(16)8-2-4-9(14)5-3-8/h2-6,11,16-17H,1H3. The molecule has 1 aromatic heterocycles. The van der Waals surface area contributed by atoms with E-state index in [9.17, 15) is 19.4 Å². The Morgan fingerprint density at radius 1 is 1.28 bits per heavy atom. The fourth-order valence-electron chi connectivity index (χ4n) is 1.61. The number of benzene rings is 1. The third-order valence-corrected chi connectivity index (χ3v) is 2.51. The molecule has 4 nitrogen and oxygen atoms in total. The zero-order valence-corrected chi connectivity index (χ0v) is 9.55. The molecule has 0 aliphatic rings. The van der Waals surface area contributed by atoms with E-state index in [2.05, 4.69) is 0 Å². The summed E-state index contributed by atoms with van der Waals surface area (Å²) in [5, 5.41) is 19.6. The molecule has 18 heavy (non-hydrogen) atoms. The highest BCUT2D eigenvalue weighted by Crippen LogP contribution is 2.27. The van der Waals surface area contributed by atoms with Crippen molar-refractivity contribution < 1.29 is 19.0 Å². The average molecular weight is 250 g/mol. The maximum atomic E-state index is 12.8. The van der Waals surface area contributed by atoms with Gasteiger partial charge in [-0.15, -0.1) is 0 Å². The number of aryl methyl sites for hydroxylation is 1. The van der Waals surface area contributed by atoms with Crippen LogP contribution >= 0.6 is 0 Å². The number of aromatic hydroxyl groups is 1. The summed E-state index contributed by atoms with van der Waals surface area (Å²) in [6.45, 7) is 1.53. The van der Waals surface area contributed by atoms with Crippen molar-refractivity contribution in [2.75, 3.05) is 0 Å². The van der Waals surface area contributed by atoms with E-state index in [4.69, 9.17) is 4.42 Å². The maximum absolute atomic E-state index is 12.8. The normalized spacial score (nSPS) is 12.4. The minimum atomic E-state index is -1.32. The van der Waals surface area contributed by atoms with Gasteiger partial charge in [-0.3, -0.25) is 4.79 Å². The van der Waals surface area contributed by atoms with Crippen molar-refractivity contribution in [1.29, 1.82) is 0 Å². The first-order valence-corrected chi connectivity index (χ1v) is 5.26. The van der Waals surface area contributed by atoms with Crippen molar-refractivity contribution in [2.45, 2.75) is 13.0 Å². The summed E-state index contributed by atoms with van der Waals surface area (Å²) in [5.74, 6) is -1.06. The fourth-order valence-corrected chi connectivity index (χ4v) is 1.61. The predicted octanol–water partition coefficient (Wildman–Crippen LogP) is 1.87. The Labute approximate surface area is 102 Å². The summed E-state index contributed by atoms with van der Waals surface area (Å²) in [5.41, 5.74) is -0.310. The summed E-state index contributed by atoms with van der Waals surface area (Å²) < 4.78 is 17.9. The second-order valence-corrected chi connectivity index (χ2v) is 3.89. The molecule has 0 saturated heterocycles. The van der Waals surface area contributed by atoms with E-state index in [0.29, 0.717) is 5.56 Å². The van der Waals surface area contributed by atoms with Crippen LogP contribution in [-0.2, 0) is 0 Å². The second-order valence-electron chi connectivity index (χ2n) is 3.89. The van der Waals surface area contributed by atoms with E-state index < -0.39 is 23.1 Å². The van der Waals surface area contributed by atoms with Crippen LogP contribution in [0.5, 0.6) is 5.75 Å². The lowest BCUT2D eigenvalue weighted by Crippen LogP contribution is -2.08. The molecule has 2 N–H and O–H groups in total. The highest BCUT2D eigenvalue weighted by atomic mass is 19.1. The molecule has 0 aliphatic heterocycles. The van der Waals surface area contributed by atoms with Gasteiger partial charge in [-0.1, -0.05) is 12.1 Å². The van der Waals surface area contributed by atoms with Crippen molar-refractivity contribution in [3.63, 3.8) is 0 Å². The lowest BCUT2D eigenvalue weighted by Gasteiger charge is -2.11. The van der Waals surface area contributed by atoms with Crippen molar-refractivity contribution >= 4 is 0 Å². The van der Waals surface area contributed by atoms with Crippen molar-refractivity contribution in [2.24, 2.45) is 0 Å². The van der Waals surface area contributed by atoms with Gasteiger partial charge in [-0.05, 0) is 24.6 Å². The van der Waals surface area contributed by atoms with Gasteiger partial charge in [0, 0.05) is 6.07 Å². The highest BCUT2D eigenvalue weighted by molar-refractivity contribution is 5.33. The predicted molar refractivity (Wildman–Crippen MR) is 61.8 cm³/mol. The molecular weight excluding hydrogens is 239 g/mol. The number of halogens is 1. The first-order chi connectivity index (χ1) is 8.49. The molecule has 5 heteroatoms. The molecule has 94 valence electrons. The third kappa shape index (κ3) is 2.26. The summed E-state index contributed by atoms with van der Waals surface area (Å²) in [6, 6.07) is 6.16. The van der Waals surface area contributed by atoms with Gasteiger partial charge in [0.1, 0.15) is 17.7 Å². The van der Waals surface area contributed by atoms with E-state index in [1.54, 1.807) is 0 Å². The van der Waals surface area contributed by atoms with Gasteiger partial charge in [0.15, 0.2) is 5.76 Å². The molecule has 0 aliphatic carbocycles. The van der Waals surface area contributed by atoms with Gasteiger partial charge < -0.3 is 14.6 Å². The van der Waals surface area contributed by atoms with Crippen LogP contribution in [0.4, 0.5) is 4.39 Å². The Bertz CT molecular complexity index is 616. The van der Waals surface area contributed by atoms with Crippen LogP contribution in [0.1, 0.15) is 23.2 Å². The Morgan fingerprint density at radius 2 is 1.89 bits per heavy atom. The van der Waals surface area contributed by atoms with E-state index >= 15 is 0 Å². The monoisotopic (exact) mass is 250 g/mol. The van der Waals surface area contributed by atoms with E-state index in [0.717, 1.165) is 6.07 Å². The number of hydrogen-bond acceptors (Lipinski definition) is 4. The SMILES string of the molecule is Cc1cc(=O)c(O)c(C(O)c2ccc(F)cc2)o1. The van der Waals surface area contributed by atoms with Gasteiger partial charge in [-0.25, -0.2) is 4.39 Å². The lowest BCUT2D eigenvalue weighted by atomic mass is 10.1. The minimum Gasteiger partial charge on any atom is -0.502 e. The van der Waals surface area contributed by atoms with Crippen LogP contribution in [0.15, 0.2) is 39.5 Å². The van der Waals surface area contributed by atoms with Crippen LogP contribution in [0.25, 0.3) is 0 Å². The van der Waals surface area contributed by atoms with E-state index in [1.807, 2.05) is 0 Å². The van der Waals surface area contributed by atoms with Crippen molar-refractivity contribution in [3.8, 4) is 5.75 Å². The Balaban J connectivity index is 2.49. The van der Waals surface area contributed by atoms with Gasteiger partial charge in [0.2, 0.25) is 11.2 Å². The molecule has 1 aromatic carbocycles. The Hall–Kier alpha value is -2.14. The molecule has 1 atom stereocenters. The fraction of sp³-hybridized carbons (Fsp3) is 0.154. The highest BCUT2D eigenvalue weighted by Gasteiger charge is 2.20. The molecule has 0 saturated carbocycles. The summed E-state index contributed by atoms with van der Waals surface area (Å²) in [7, 11) is 0. The molecule has 0 spiro atoms. The quantitative estimate of drug-likeness (QED) is 0.853. The van der Waals surface area contributed by atoms with Gasteiger partial charge in [0.05, 0.1) is 0 Å². The molecule has 2 aromatic rings. The van der Waals surface area contributed by atoms with Gasteiger partial charge >= 0.3 is 0 Å². The molecular formula is C13H11FO4. The molecule has 0 amide bonds. The summed E-state index contributed by atoms with van der Waals surface area (Å²) in [4.78, 5) is 11.4. The van der Waals surface area contributed by atoms with E-state index in [1.165, 1.54) is 31.2 Å². The van der Waals surface area contributed by atoms with Crippen LogP contribution in [0, 0.1) is 12.7 Å². The number of aliphatic hydroxyl groups is 1. The number of rotatable bonds is 2. The second kappa shape index (κ2) is 4.62. The van der Waals surface area contributed by atoms with Crippen molar-refractivity contribution in [3.05, 3.63) is 63.5 Å². The zero-order chi connectivity index (χ0) is 13.3. The van der Waals surface area contributed by atoms with Crippen LogP contribution < -0.4 is 5.43 Å². The average Bonchev–Trinajstić information content (AvgIpc) is 2.34. The Morgan fingerprint density at radius 3 is 2.50 bits per heavy atom. The largest absolute Gasteiger partial charge is 0.502 e. The summed E-state index contributed by atoms with van der Waals surface area (Å²) >= 11 is 0. The van der Waals surface area contributed by atoms with Crippen LogP contribution in [0.3, 0.4) is 0 Å². The molecule has 0 fully saturated rings.